The van der Waals surface area contributed by atoms with Crippen molar-refractivity contribution >= 4 is 11.7 Å². The Labute approximate surface area is 157 Å². The number of benzene rings is 1. The molecule has 0 spiro atoms. The summed E-state index contributed by atoms with van der Waals surface area (Å²) >= 11 is 0. The van der Waals surface area contributed by atoms with Crippen molar-refractivity contribution in [3.8, 4) is 5.75 Å². The minimum Gasteiger partial charge on any atom is -0.494 e. The van der Waals surface area contributed by atoms with Crippen LogP contribution in [-0.2, 0) is 0 Å². The van der Waals surface area contributed by atoms with Gasteiger partial charge in [0.05, 0.1) is 6.61 Å². The van der Waals surface area contributed by atoms with Crippen molar-refractivity contribution in [1.29, 1.82) is 0 Å². The number of anilines is 1. The summed E-state index contributed by atoms with van der Waals surface area (Å²) < 4.78 is 5.43. The third kappa shape index (κ3) is 5.49. The van der Waals surface area contributed by atoms with Gasteiger partial charge in [0, 0.05) is 38.4 Å². The molecular weight excluding hydrogens is 326 g/mol. The van der Waals surface area contributed by atoms with E-state index in [1.807, 2.05) is 36.1 Å². The Kier molecular flexibility index (Phi) is 6.95. The summed E-state index contributed by atoms with van der Waals surface area (Å²) in [6.07, 6.45) is 8.87. The number of rotatable bonds is 6. The van der Waals surface area contributed by atoms with Crippen LogP contribution in [0.25, 0.3) is 0 Å². The van der Waals surface area contributed by atoms with E-state index < -0.39 is 0 Å². The van der Waals surface area contributed by atoms with Gasteiger partial charge < -0.3 is 15.0 Å². The minimum atomic E-state index is -0.0104. The monoisotopic (exact) mass is 357 g/mol. The number of ether oxygens (including phenoxy) is 1. The quantitative estimate of drug-likeness (QED) is 0.779. The van der Waals surface area contributed by atoms with Crippen LogP contribution < -0.4 is 10.1 Å². The first kappa shape index (κ1) is 18.8. The molecule has 3 rings (SSSR count). The highest BCUT2D eigenvalue weighted by molar-refractivity contribution is 5.89. The maximum atomic E-state index is 12.4. The van der Waals surface area contributed by atoms with E-state index in [0.29, 0.717) is 6.61 Å². The van der Waals surface area contributed by atoms with Crippen LogP contribution >= 0.6 is 0 Å². The molecule has 1 aliphatic heterocycles. The zero-order valence-electron chi connectivity index (χ0n) is 15.9. The second-order valence-electron chi connectivity index (χ2n) is 7.07. The zero-order valence-corrected chi connectivity index (χ0v) is 15.9. The van der Waals surface area contributed by atoms with Crippen LogP contribution in [0.5, 0.6) is 5.75 Å². The molecule has 5 heteroatoms. The lowest BCUT2D eigenvalue weighted by molar-refractivity contribution is 0.148. The lowest BCUT2D eigenvalue weighted by Gasteiger charge is -2.35. The zero-order chi connectivity index (χ0) is 18.2. The van der Waals surface area contributed by atoms with Gasteiger partial charge in [0.2, 0.25) is 0 Å². The van der Waals surface area contributed by atoms with E-state index in [0.717, 1.165) is 44.2 Å². The molecule has 1 saturated heterocycles. The third-order valence-corrected chi connectivity index (χ3v) is 5.21. The van der Waals surface area contributed by atoms with Gasteiger partial charge in [0.25, 0.3) is 0 Å². The molecule has 142 valence electrons. The van der Waals surface area contributed by atoms with Crippen LogP contribution in [0, 0.1) is 0 Å². The van der Waals surface area contributed by atoms with E-state index in [1.54, 1.807) is 5.57 Å². The Hall–Kier alpha value is -2.01. The molecular formula is C21H31N3O2. The molecule has 1 N–H and O–H groups in total. The number of nitrogens with one attached hydrogen (secondary N) is 1. The van der Waals surface area contributed by atoms with E-state index in [1.165, 1.54) is 32.1 Å². The summed E-state index contributed by atoms with van der Waals surface area (Å²) in [4.78, 5) is 16.8. The van der Waals surface area contributed by atoms with Crippen molar-refractivity contribution in [2.24, 2.45) is 0 Å². The van der Waals surface area contributed by atoms with Gasteiger partial charge in [0.1, 0.15) is 5.75 Å². The van der Waals surface area contributed by atoms with Crippen molar-refractivity contribution in [2.45, 2.75) is 39.0 Å². The standard InChI is InChI=1S/C21H31N3O2/c1-2-26-20-10-8-19(9-11-20)22-21(25)24-16-14-23(15-17-24)13-12-18-6-4-3-5-7-18/h6,8-11H,2-5,7,12-17H2,1H3,(H,22,25). The van der Waals surface area contributed by atoms with Crippen molar-refractivity contribution in [1.82, 2.24) is 9.80 Å². The average Bonchev–Trinajstić information content (AvgIpc) is 2.69. The number of nitrogens with zero attached hydrogens (tertiary/aromatic N) is 2. The fraction of sp³-hybridized carbons (Fsp3) is 0.571. The number of carbonyl (C=O) groups is 1. The van der Waals surface area contributed by atoms with Gasteiger partial charge >= 0.3 is 6.03 Å². The van der Waals surface area contributed by atoms with E-state index >= 15 is 0 Å². The number of carbonyl (C=O) groups excluding carboxylic acids is 1. The molecule has 2 aliphatic rings. The smallest absolute Gasteiger partial charge is 0.321 e. The number of allylic oxidation sites excluding steroid dienone is 1. The summed E-state index contributed by atoms with van der Waals surface area (Å²) in [5.74, 6) is 0.826. The summed E-state index contributed by atoms with van der Waals surface area (Å²) in [5.41, 5.74) is 2.44. The Balaban J connectivity index is 1.39. The number of piperazine rings is 1. The second-order valence-corrected chi connectivity index (χ2v) is 7.07. The Morgan fingerprint density at radius 3 is 2.54 bits per heavy atom. The van der Waals surface area contributed by atoms with Gasteiger partial charge in [-0.05, 0) is 63.3 Å². The van der Waals surface area contributed by atoms with E-state index in [4.69, 9.17) is 4.74 Å². The van der Waals surface area contributed by atoms with Crippen LogP contribution in [0.1, 0.15) is 39.0 Å². The fourth-order valence-corrected chi connectivity index (χ4v) is 3.61. The summed E-state index contributed by atoms with van der Waals surface area (Å²) in [5, 5.41) is 2.98. The first-order chi connectivity index (χ1) is 12.7. The van der Waals surface area contributed by atoms with Gasteiger partial charge in [-0.25, -0.2) is 4.79 Å². The van der Waals surface area contributed by atoms with Gasteiger partial charge in [-0.2, -0.15) is 0 Å². The van der Waals surface area contributed by atoms with E-state index in [-0.39, 0.29) is 6.03 Å². The molecule has 0 atom stereocenters. The van der Waals surface area contributed by atoms with Crippen molar-refractivity contribution in [3.05, 3.63) is 35.9 Å². The Morgan fingerprint density at radius 2 is 1.88 bits per heavy atom. The summed E-state index contributed by atoms with van der Waals surface area (Å²) in [7, 11) is 0. The molecule has 2 amide bonds. The fourth-order valence-electron chi connectivity index (χ4n) is 3.61. The Morgan fingerprint density at radius 1 is 1.12 bits per heavy atom. The first-order valence-electron chi connectivity index (χ1n) is 9.93. The van der Waals surface area contributed by atoms with Crippen molar-refractivity contribution < 1.29 is 9.53 Å². The van der Waals surface area contributed by atoms with Crippen LogP contribution in [0.4, 0.5) is 10.5 Å². The van der Waals surface area contributed by atoms with Crippen molar-refractivity contribution in [3.63, 3.8) is 0 Å². The predicted octanol–water partition coefficient (Wildman–Crippen LogP) is 4.13. The molecule has 1 aromatic rings. The molecule has 0 unspecified atom stereocenters. The number of hydrogen-bond donors (Lipinski definition) is 1. The molecule has 1 aliphatic carbocycles. The number of hydrogen-bond acceptors (Lipinski definition) is 3. The molecule has 0 radical (unpaired) electrons. The largest absolute Gasteiger partial charge is 0.494 e. The van der Waals surface area contributed by atoms with Gasteiger partial charge in [-0.1, -0.05) is 11.6 Å². The molecule has 1 aromatic carbocycles. The van der Waals surface area contributed by atoms with Crippen LogP contribution in [-0.4, -0.2) is 55.2 Å². The number of amides is 2. The highest BCUT2D eigenvalue weighted by atomic mass is 16.5. The molecule has 0 saturated carbocycles. The lowest BCUT2D eigenvalue weighted by Crippen LogP contribution is -2.50. The predicted molar refractivity (Wildman–Crippen MR) is 106 cm³/mol. The molecule has 26 heavy (non-hydrogen) atoms. The Bertz CT molecular complexity index is 604. The minimum absolute atomic E-state index is 0.0104. The van der Waals surface area contributed by atoms with E-state index in [2.05, 4.69) is 16.3 Å². The van der Waals surface area contributed by atoms with E-state index in [9.17, 15) is 4.79 Å². The first-order valence-corrected chi connectivity index (χ1v) is 9.93. The molecule has 1 fully saturated rings. The van der Waals surface area contributed by atoms with Crippen LogP contribution in [0.15, 0.2) is 35.9 Å². The normalized spacial score (nSPS) is 18.3. The topological polar surface area (TPSA) is 44.8 Å². The van der Waals surface area contributed by atoms with Gasteiger partial charge in [0.15, 0.2) is 0 Å². The highest BCUT2D eigenvalue weighted by Crippen LogP contribution is 2.21. The lowest BCUT2D eigenvalue weighted by atomic mass is 9.97. The molecule has 0 bridgehead atoms. The maximum Gasteiger partial charge on any atom is 0.321 e. The maximum absolute atomic E-state index is 12.4. The van der Waals surface area contributed by atoms with Gasteiger partial charge in [-0.3, -0.25) is 4.90 Å². The van der Waals surface area contributed by atoms with Gasteiger partial charge in [-0.15, -0.1) is 0 Å². The highest BCUT2D eigenvalue weighted by Gasteiger charge is 2.21. The number of urea groups is 1. The molecule has 0 aromatic heterocycles. The van der Waals surface area contributed by atoms with Crippen LogP contribution in [0.2, 0.25) is 0 Å². The summed E-state index contributed by atoms with van der Waals surface area (Å²) in [6, 6.07) is 7.53. The average molecular weight is 357 g/mol. The molecule has 1 heterocycles. The second kappa shape index (κ2) is 9.62. The van der Waals surface area contributed by atoms with Crippen molar-refractivity contribution in [2.75, 3.05) is 44.6 Å². The SMILES string of the molecule is CCOc1ccc(NC(=O)N2CCN(CCC3=CCCCC3)CC2)cc1. The van der Waals surface area contributed by atoms with Crippen LogP contribution in [0.3, 0.4) is 0 Å². The third-order valence-electron chi connectivity index (χ3n) is 5.21. The molecule has 5 nitrogen and oxygen atoms in total. The summed E-state index contributed by atoms with van der Waals surface area (Å²) in [6.45, 7) is 7.24.